The van der Waals surface area contributed by atoms with Crippen LogP contribution in [0.4, 0.5) is 0 Å². The standard InChI is InChI=1S/C9H16N2O2/c1-3-5-6-8(12)11-7(4-2)9(10)13/h4H,3,5-6H2,1-2H3,(H2,10,13)(H,11,12)/b7-4-. The Balaban J connectivity index is 3.96. The fraction of sp³-hybridized carbons (Fsp3) is 0.556. The Morgan fingerprint density at radius 1 is 1.46 bits per heavy atom. The minimum atomic E-state index is -0.604. The van der Waals surface area contributed by atoms with Crippen LogP contribution in [-0.4, -0.2) is 11.8 Å². The molecule has 0 saturated carbocycles. The number of amides is 2. The first-order chi connectivity index (χ1) is 6.11. The number of primary amides is 1. The van der Waals surface area contributed by atoms with Crippen LogP contribution in [0.5, 0.6) is 0 Å². The number of nitrogens with one attached hydrogen (secondary N) is 1. The molecule has 4 nitrogen and oxygen atoms in total. The molecule has 0 aromatic heterocycles. The molecule has 0 rings (SSSR count). The highest BCUT2D eigenvalue weighted by molar-refractivity contribution is 5.96. The number of hydrogen-bond donors (Lipinski definition) is 2. The molecule has 0 heterocycles. The zero-order valence-electron chi connectivity index (χ0n) is 8.09. The lowest BCUT2D eigenvalue weighted by Crippen LogP contribution is -2.30. The highest BCUT2D eigenvalue weighted by Gasteiger charge is 2.07. The second-order valence-electron chi connectivity index (χ2n) is 2.72. The SMILES string of the molecule is C/C=C(\NC(=O)CCCC)C(N)=O. The topological polar surface area (TPSA) is 72.2 Å². The first-order valence-corrected chi connectivity index (χ1v) is 4.37. The summed E-state index contributed by atoms with van der Waals surface area (Å²) < 4.78 is 0. The molecule has 0 fully saturated rings. The quantitative estimate of drug-likeness (QED) is 0.617. The van der Waals surface area contributed by atoms with Crippen LogP contribution in [0.2, 0.25) is 0 Å². The van der Waals surface area contributed by atoms with E-state index in [1.54, 1.807) is 6.92 Å². The van der Waals surface area contributed by atoms with Crippen LogP contribution in [0.25, 0.3) is 0 Å². The van der Waals surface area contributed by atoms with Gasteiger partial charge in [0.1, 0.15) is 5.70 Å². The van der Waals surface area contributed by atoms with Crippen molar-refractivity contribution >= 4 is 11.8 Å². The van der Waals surface area contributed by atoms with Crippen molar-refractivity contribution in [1.29, 1.82) is 0 Å². The molecule has 0 unspecified atom stereocenters. The number of nitrogens with two attached hydrogens (primary N) is 1. The van der Waals surface area contributed by atoms with E-state index >= 15 is 0 Å². The van der Waals surface area contributed by atoms with E-state index < -0.39 is 5.91 Å². The van der Waals surface area contributed by atoms with Crippen molar-refractivity contribution in [2.45, 2.75) is 33.1 Å². The van der Waals surface area contributed by atoms with E-state index in [0.29, 0.717) is 6.42 Å². The van der Waals surface area contributed by atoms with E-state index in [2.05, 4.69) is 5.32 Å². The molecule has 0 spiro atoms. The van der Waals surface area contributed by atoms with Crippen LogP contribution in [0.15, 0.2) is 11.8 Å². The van der Waals surface area contributed by atoms with Crippen LogP contribution in [0.1, 0.15) is 33.1 Å². The highest BCUT2D eigenvalue weighted by Crippen LogP contribution is 1.95. The maximum atomic E-state index is 11.1. The molecule has 0 aliphatic rings. The Morgan fingerprint density at radius 2 is 2.08 bits per heavy atom. The number of allylic oxidation sites excluding steroid dienone is 1. The average molecular weight is 184 g/mol. The van der Waals surface area contributed by atoms with Crippen molar-refractivity contribution in [3.63, 3.8) is 0 Å². The number of carbonyl (C=O) groups is 2. The third-order valence-electron chi connectivity index (χ3n) is 1.59. The van der Waals surface area contributed by atoms with Crippen LogP contribution in [0, 0.1) is 0 Å². The Hall–Kier alpha value is -1.32. The smallest absolute Gasteiger partial charge is 0.264 e. The van der Waals surface area contributed by atoms with Crippen molar-refractivity contribution in [2.24, 2.45) is 5.73 Å². The van der Waals surface area contributed by atoms with Gasteiger partial charge in [0.2, 0.25) is 5.91 Å². The first kappa shape index (κ1) is 11.7. The Bertz CT molecular complexity index is 222. The van der Waals surface area contributed by atoms with E-state index in [9.17, 15) is 9.59 Å². The van der Waals surface area contributed by atoms with E-state index in [0.717, 1.165) is 12.8 Å². The predicted molar refractivity (Wildman–Crippen MR) is 50.6 cm³/mol. The van der Waals surface area contributed by atoms with Gasteiger partial charge in [0.25, 0.3) is 5.91 Å². The van der Waals surface area contributed by atoms with Crippen molar-refractivity contribution in [3.8, 4) is 0 Å². The summed E-state index contributed by atoms with van der Waals surface area (Å²) in [5, 5.41) is 2.45. The summed E-state index contributed by atoms with van der Waals surface area (Å²) in [5.74, 6) is -0.763. The summed E-state index contributed by atoms with van der Waals surface area (Å²) in [6.07, 6.45) is 3.70. The average Bonchev–Trinajstić information content (AvgIpc) is 2.10. The van der Waals surface area contributed by atoms with Gasteiger partial charge in [0, 0.05) is 6.42 Å². The summed E-state index contributed by atoms with van der Waals surface area (Å²) in [5.41, 5.74) is 5.17. The molecule has 0 aliphatic heterocycles. The van der Waals surface area contributed by atoms with Crippen molar-refractivity contribution < 1.29 is 9.59 Å². The molecular weight excluding hydrogens is 168 g/mol. The summed E-state index contributed by atoms with van der Waals surface area (Å²) in [6, 6.07) is 0. The molecule has 74 valence electrons. The fourth-order valence-corrected chi connectivity index (χ4v) is 0.826. The Labute approximate surface area is 78.2 Å². The molecular formula is C9H16N2O2. The zero-order chi connectivity index (χ0) is 10.3. The molecule has 0 aromatic carbocycles. The maximum absolute atomic E-state index is 11.1. The van der Waals surface area contributed by atoms with Gasteiger partial charge in [-0.1, -0.05) is 19.4 Å². The minimum Gasteiger partial charge on any atom is -0.364 e. The molecule has 13 heavy (non-hydrogen) atoms. The summed E-state index contributed by atoms with van der Waals surface area (Å²) in [6.45, 7) is 3.65. The third kappa shape index (κ3) is 5.00. The number of hydrogen-bond acceptors (Lipinski definition) is 2. The predicted octanol–water partition coefficient (Wildman–Crippen LogP) is 0.682. The van der Waals surface area contributed by atoms with E-state index in [4.69, 9.17) is 5.73 Å². The van der Waals surface area contributed by atoms with Gasteiger partial charge in [0.05, 0.1) is 0 Å². The first-order valence-electron chi connectivity index (χ1n) is 4.37. The molecule has 0 aromatic rings. The lowest BCUT2D eigenvalue weighted by molar-refractivity contribution is -0.122. The van der Waals surface area contributed by atoms with Crippen molar-refractivity contribution in [2.75, 3.05) is 0 Å². The second kappa shape index (κ2) is 6.22. The van der Waals surface area contributed by atoms with Gasteiger partial charge >= 0.3 is 0 Å². The zero-order valence-corrected chi connectivity index (χ0v) is 8.09. The molecule has 0 aliphatic carbocycles. The summed E-state index contributed by atoms with van der Waals surface area (Å²) in [4.78, 5) is 21.8. The van der Waals surface area contributed by atoms with Gasteiger partial charge in [-0.15, -0.1) is 0 Å². The van der Waals surface area contributed by atoms with E-state index in [1.165, 1.54) is 6.08 Å². The Morgan fingerprint density at radius 3 is 2.46 bits per heavy atom. The fourth-order valence-electron chi connectivity index (χ4n) is 0.826. The third-order valence-corrected chi connectivity index (χ3v) is 1.59. The van der Waals surface area contributed by atoms with Gasteiger partial charge in [-0.25, -0.2) is 0 Å². The molecule has 3 N–H and O–H groups in total. The number of rotatable bonds is 5. The molecule has 0 atom stereocenters. The normalized spacial score (nSPS) is 11.1. The highest BCUT2D eigenvalue weighted by atomic mass is 16.2. The van der Waals surface area contributed by atoms with Crippen LogP contribution in [-0.2, 0) is 9.59 Å². The lowest BCUT2D eigenvalue weighted by Gasteiger charge is -2.04. The Kier molecular flexibility index (Phi) is 5.59. The van der Waals surface area contributed by atoms with Crippen molar-refractivity contribution in [3.05, 3.63) is 11.8 Å². The van der Waals surface area contributed by atoms with E-state index in [1.807, 2.05) is 6.92 Å². The van der Waals surface area contributed by atoms with Crippen LogP contribution in [0.3, 0.4) is 0 Å². The van der Waals surface area contributed by atoms with Gasteiger partial charge in [0.15, 0.2) is 0 Å². The summed E-state index contributed by atoms with van der Waals surface area (Å²) >= 11 is 0. The van der Waals surface area contributed by atoms with Crippen molar-refractivity contribution in [1.82, 2.24) is 5.32 Å². The largest absolute Gasteiger partial charge is 0.364 e. The van der Waals surface area contributed by atoms with Gasteiger partial charge in [-0.05, 0) is 13.3 Å². The molecule has 4 heteroatoms. The number of carbonyl (C=O) groups excluding carboxylic acids is 2. The van der Waals surface area contributed by atoms with Gasteiger partial charge in [-0.2, -0.15) is 0 Å². The number of unbranched alkanes of at least 4 members (excludes halogenated alkanes) is 1. The lowest BCUT2D eigenvalue weighted by atomic mass is 10.2. The summed E-state index contributed by atoms with van der Waals surface area (Å²) in [7, 11) is 0. The van der Waals surface area contributed by atoms with Gasteiger partial charge in [-0.3, -0.25) is 9.59 Å². The molecule has 0 bridgehead atoms. The molecule has 0 saturated heterocycles. The monoisotopic (exact) mass is 184 g/mol. The second-order valence-corrected chi connectivity index (χ2v) is 2.72. The minimum absolute atomic E-state index is 0.159. The maximum Gasteiger partial charge on any atom is 0.264 e. The van der Waals surface area contributed by atoms with Crippen LogP contribution < -0.4 is 11.1 Å². The van der Waals surface area contributed by atoms with Crippen LogP contribution >= 0.6 is 0 Å². The van der Waals surface area contributed by atoms with E-state index in [-0.39, 0.29) is 11.6 Å². The molecule has 0 radical (unpaired) electrons. The van der Waals surface area contributed by atoms with Gasteiger partial charge < -0.3 is 11.1 Å². The molecule has 2 amide bonds.